The number of ether oxygens (including phenoxy) is 1. The van der Waals surface area contributed by atoms with E-state index in [0.717, 1.165) is 16.9 Å². The van der Waals surface area contributed by atoms with Gasteiger partial charge in [-0.1, -0.05) is 37.8 Å². The predicted molar refractivity (Wildman–Crippen MR) is 61.5 cm³/mol. The Morgan fingerprint density at radius 1 is 1.50 bits per heavy atom. The van der Waals surface area contributed by atoms with Crippen LogP contribution in [0.3, 0.4) is 0 Å². The fourth-order valence-electron chi connectivity index (χ4n) is 1.43. The predicted octanol–water partition coefficient (Wildman–Crippen LogP) is 3.67. The van der Waals surface area contributed by atoms with Gasteiger partial charge in [-0.2, -0.15) is 0 Å². The average molecular weight is 189 g/mol. The largest absolute Gasteiger partial charge is 0.493 e. The second kappa shape index (κ2) is 4.85. The van der Waals surface area contributed by atoms with Crippen LogP contribution in [0.25, 0.3) is 6.08 Å². The van der Waals surface area contributed by atoms with Gasteiger partial charge in [0, 0.05) is 5.56 Å². The quantitative estimate of drug-likeness (QED) is 0.702. The van der Waals surface area contributed by atoms with Crippen LogP contribution in [-0.4, -0.2) is 6.61 Å². The van der Waals surface area contributed by atoms with Crippen molar-refractivity contribution in [3.05, 3.63) is 42.8 Å². The van der Waals surface area contributed by atoms with Crippen LogP contribution in [0.2, 0.25) is 0 Å². The summed E-state index contributed by atoms with van der Waals surface area (Å²) in [5.41, 5.74) is 2.18. The van der Waals surface area contributed by atoms with Crippen LogP contribution in [0.4, 0.5) is 0 Å². The molecular formula is C13H17O. The summed E-state index contributed by atoms with van der Waals surface area (Å²) < 4.78 is 5.61. The third kappa shape index (κ3) is 2.16. The molecule has 14 heavy (non-hydrogen) atoms. The van der Waals surface area contributed by atoms with Crippen LogP contribution in [0, 0.1) is 6.92 Å². The first-order valence-electron chi connectivity index (χ1n) is 4.92. The molecule has 1 aromatic carbocycles. The molecule has 1 rings (SSSR count). The van der Waals surface area contributed by atoms with E-state index in [2.05, 4.69) is 26.5 Å². The number of benzene rings is 1. The summed E-state index contributed by atoms with van der Waals surface area (Å²) in [6.07, 6.45) is 1.82. The minimum Gasteiger partial charge on any atom is -0.493 e. The van der Waals surface area contributed by atoms with Gasteiger partial charge in [-0.25, -0.2) is 0 Å². The van der Waals surface area contributed by atoms with Crippen molar-refractivity contribution in [2.45, 2.75) is 19.8 Å². The SMILES string of the molecule is [CH2]C(C)c1cccc(C=C)c1OCC. The van der Waals surface area contributed by atoms with Gasteiger partial charge in [-0.3, -0.25) is 0 Å². The van der Waals surface area contributed by atoms with Gasteiger partial charge in [-0.05, 0) is 25.3 Å². The zero-order valence-corrected chi connectivity index (χ0v) is 8.92. The monoisotopic (exact) mass is 189 g/mol. The lowest BCUT2D eigenvalue weighted by molar-refractivity contribution is 0.335. The van der Waals surface area contributed by atoms with Gasteiger partial charge in [0.2, 0.25) is 0 Å². The zero-order valence-electron chi connectivity index (χ0n) is 8.92. The Morgan fingerprint density at radius 2 is 2.21 bits per heavy atom. The third-order valence-electron chi connectivity index (χ3n) is 2.12. The molecule has 0 bridgehead atoms. The van der Waals surface area contributed by atoms with Crippen molar-refractivity contribution >= 4 is 6.08 Å². The summed E-state index contributed by atoms with van der Waals surface area (Å²) in [7, 11) is 0. The van der Waals surface area contributed by atoms with E-state index in [1.54, 1.807) is 0 Å². The van der Waals surface area contributed by atoms with E-state index in [1.807, 2.05) is 25.1 Å². The second-order valence-electron chi connectivity index (χ2n) is 3.30. The molecule has 1 aromatic rings. The van der Waals surface area contributed by atoms with E-state index in [0.29, 0.717) is 6.61 Å². The Bertz CT molecular complexity index is 313. The maximum Gasteiger partial charge on any atom is 0.129 e. The molecule has 1 nitrogen and oxygen atoms in total. The standard InChI is InChI=1S/C13H17O/c1-5-11-8-7-9-12(10(3)4)13(11)14-6-2/h5,7-10H,1,3,6H2,2,4H3. The molecule has 1 radical (unpaired) electrons. The van der Waals surface area contributed by atoms with Crippen molar-refractivity contribution in [1.29, 1.82) is 0 Å². The van der Waals surface area contributed by atoms with Gasteiger partial charge >= 0.3 is 0 Å². The maximum atomic E-state index is 5.61. The van der Waals surface area contributed by atoms with E-state index in [4.69, 9.17) is 4.74 Å². The molecule has 1 unspecified atom stereocenters. The third-order valence-corrected chi connectivity index (χ3v) is 2.12. The van der Waals surface area contributed by atoms with Crippen molar-refractivity contribution in [1.82, 2.24) is 0 Å². The lowest BCUT2D eigenvalue weighted by Gasteiger charge is -2.15. The van der Waals surface area contributed by atoms with E-state index in [9.17, 15) is 0 Å². The van der Waals surface area contributed by atoms with E-state index >= 15 is 0 Å². The lowest BCUT2D eigenvalue weighted by Crippen LogP contribution is -2.00. The number of hydrogen-bond donors (Lipinski definition) is 0. The summed E-state index contributed by atoms with van der Waals surface area (Å²) in [5.74, 6) is 1.16. The smallest absolute Gasteiger partial charge is 0.129 e. The maximum absolute atomic E-state index is 5.61. The molecule has 0 spiro atoms. The minimum absolute atomic E-state index is 0.233. The molecule has 0 N–H and O–H groups in total. The van der Waals surface area contributed by atoms with Crippen molar-refractivity contribution in [3.63, 3.8) is 0 Å². The molecule has 0 fully saturated rings. The van der Waals surface area contributed by atoms with Crippen molar-refractivity contribution < 1.29 is 4.74 Å². The van der Waals surface area contributed by atoms with E-state index < -0.39 is 0 Å². The zero-order chi connectivity index (χ0) is 10.6. The van der Waals surface area contributed by atoms with Crippen molar-refractivity contribution in [2.24, 2.45) is 0 Å². The van der Waals surface area contributed by atoms with Crippen LogP contribution in [0.5, 0.6) is 5.75 Å². The Kier molecular flexibility index (Phi) is 3.75. The Labute approximate surface area is 86.4 Å². The van der Waals surface area contributed by atoms with Gasteiger partial charge in [0.05, 0.1) is 6.61 Å². The molecular weight excluding hydrogens is 172 g/mol. The lowest BCUT2D eigenvalue weighted by atomic mass is 9.99. The molecule has 0 aromatic heterocycles. The summed E-state index contributed by atoms with van der Waals surface area (Å²) >= 11 is 0. The van der Waals surface area contributed by atoms with Gasteiger partial charge in [0.1, 0.15) is 5.75 Å². The highest BCUT2D eigenvalue weighted by molar-refractivity contribution is 5.59. The first kappa shape index (κ1) is 10.8. The van der Waals surface area contributed by atoms with Gasteiger partial charge in [0.25, 0.3) is 0 Å². The molecule has 0 amide bonds. The fourth-order valence-corrected chi connectivity index (χ4v) is 1.43. The first-order chi connectivity index (χ1) is 6.70. The van der Waals surface area contributed by atoms with Crippen LogP contribution in [0.1, 0.15) is 30.9 Å². The Balaban J connectivity index is 3.20. The normalized spacial score (nSPS) is 10.3. The van der Waals surface area contributed by atoms with Crippen molar-refractivity contribution in [2.75, 3.05) is 6.61 Å². The molecule has 0 heterocycles. The fraction of sp³-hybridized carbons (Fsp3) is 0.308. The second-order valence-corrected chi connectivity index (χ2v) is 3.30. The topological polar surface area (TPSA) is 9.23 Å². The van der Waals surface area contributed by atoms with E-state index in [-0.39, 0.29) is 5.92 Å². The number of hydrogen-bond acceptors (Lipinski definition) is 1. The molecule has 75 valence electrons. The summed E-state index contributed by atoms with van der Waals surface area (Å²) in [4.78, 5) is 0. The molecule has 0 saturated carbocycles. The van der Waals surface area contributed by atoms with Crippen LogP contribution >= 0.6 is 0 Å². The van der Waals surface area contributed by atoms with Gasteiger partial charge in [0.15, 0.2) is 0 Å². The van der Waals surface area contributed by atoms with Crippen LogP contribution < -0.4 is 4.74 Å². The Hall–Kier alpha value is -1.24. The molecule has 0 aliphatic carbocycles. The molecule has 1 heteroatoms. The van der Waals surface area contributed by atoms with Gasteiger partial charge in [-0.15, -0.1) is 0 Å². The number of rotatable bonds is 4. The van der Waals surface area contributed by atoms with E-state index in [1.165, 1.54) is 0 Å². The molecule has 0 saturated heterocycles. The summed E-state index contributed by atoms with van der Waals surface area (Å²) in [5, 5.41) is 0. The summed E-state index contributed by atoms with van der Waals surface area (Å²) in [6, 6.07) is 6.07. The molecule has 1 atom stereocenters. The highest BCUT2D eigenvalue weighted by Crippen LogP contribution is 2.30. The highest BCUT2D eigenvalue weighted by Gasteiger charge is 2.09. The molecule has 0 aliphatic heterocycles. The Morgan fingerprint density at radius 3 is 2.71 bits per heavy atom. The van der Waals surface area contributed by atoms with Crippen molar-refractivity contribution in [3.8, 4) is 5.75 Å². The summed E-state index contributed by atoms with van der Waals surface area (Å²) in [6.45, 7) is 12.5. The van der Waals surface area contributed by atoms with Gasteiger partial charge < -0.3 is 4.74 Å². The van der Waals surface area contributed by atoms with Crippen LogP contribution in [0.15, 0.2) is 24.8 Å². The number of para-hydroxylation sites is 1. The highest BCUT2D eigenvalue weighted by atomic mass is 16.5. The first-order valence-corrected chi connectivity index (χ1v) is 4.92. The minimum atomic E-state index is 0.233. The van der Waals surface area contributed by atoms with Crippen LogP contribution in [-0.2, 0) is 0 Å². The average Bonchev–Trinajstić information content (AvgIpc) is 2.18. The molecule has 0 aliphatic rings.